The normalized spacial score (nSPS) is 14.4. The SMILES string of the molecule is Cc1cn(-c2ccc(-c3cc(C)c(NC4(c5ccc(F)cc5)CC4)nn3)nc2CO)cn1. The zero-order chi connectivity index (χ0) is 22.3. The first kappa shape index (κ1) is 20.3. The Labute approximate surface area is 185 Å². The molecule has 4 aromatic rings. The van der Waals surface area contributed by atoms with Crippen LogP contribution in [0.4, 0.5) is 10.2 Å². The number of aryl methyl sites for hydroxylation is 2. The summed E-state index contributed by atoms with van der Waals surface area (Å²) in [4.78, 5) is 8.84. The molecule has 0 amide bonds. The molecule has 32 heavy (non-hydrogen) atoms. The van der Waals surface area contributed by atoms with E-state index in [0.717, 1.165) is 35.3 Å². The summed E-state index contributed by atoms with van der Waals surface area (Å²) in [7, 11) is 0. The lowest BCUT2D eigenvalue weighted by atomic mass is 10.0. The minimum Gasteiger partial charge on any atom is -0.390 e. The Morgan fingerprint density at radius 2 is 1.84 bits per heavy atom. The Hall–Kier alpha value is -3.65. The second-order valence-corrected chi connectivity index (χ2v) is 8.22. The summed E-state index contributed by atoms with van der Waals surface area (Å²) in [6.07, 6.45) is 5.50. The Morgan fingerprint density at radius 3 is 2.47 bits per heavy atom. The molecule has 1 saturated carbocycles. The van der Waals surface area contributed by atoms with E-state index < -0.39 is 0 Å². The fourth-order valence-electron chi connectivity index (χ4n) is 3.88. The second-order valence-electron chi connectivity index (χ2n) is 8.22. The van der Waals surface area contributed by atoms with Crippen molar-refractivity contribution in [3.8, 4) is 17.1 Å². The summed E-state index contributed by atoms with van der Waals surface area (Å²) in [5.41, 5.74) is 5.22. The molecular weight excluding hydrogens is 407 g/mol. The fourth-order valence-corrected chi connectivity index (χ4v) is 3.88. The number of aliphatic hydroxyl groups is 1. The van der Waals surface area contributed by atoms with Crippen LogP contribution in [0.5, 0.6) is 0 Å². The van der Waals surface area contributed by atoms with E-state index >= 15 is 0 Å². The Bertz CT molecular complexity index is 1280. The molecule has 2 N–H and O–H groups in total. The number of hydrogen-bond acceptors (Lipinski definition) is 6. The van der Waals surface area contributed by atoms with Gasteiger partial charge in [0.1, 0.15) is 11.5 Å². The van der Waals surface area contributed by atoms with Crippen LogP contribution >= 0.6 is 0 Å². The van der Waals surface area contributed by atoms with Gasteiger partial charge >= 0.3 is 0 Å². The van der Waals surface area contributed by atoms with E-state index in [1.165, 1.54) is 12.1 Å². The summed E-state index contributed by atoms with van der Waals surface area (Å²) < 4.78 is 15.1. The lowest BCUT2D eigenvalue weighted by Crippen LogP contribution is -2.20. The highest BCUT2D eigenvalue weighted by molar-refractivity contribution is 5.61. The number of benzene rings is 1. The van der Waals surface area contributed by atoms with Gasteiger partial charge in [-0.25, -0.2) is 14.4 Å². The minimum atomic E-state index is -0.242. The van der Waals surface area contributed by atoms with Gasteiger partial charge < -0.3 is 15.0 Å². The van der Waals surface area contributed by atoms with E-state index in [-0.39, 0.29) is 18.0 Å². The second kappa shape index (κ2) is 7.80. The maximum atomic E-state index is 13.3. The Morgan fingerprint density at radius 1 is 1.06 bits per heavy atom. The Kier molecular flexibility index (Phi) is 4.94. The monoisotopic (exact) mass is 430 g/mol. The van der Waals surface area contributed by atoms with Gasteiger partial charge in [0, 0.05) is 6.20 Å². The van der Waals surface area contributed by atoms with Crippen LogP contribution in [0.25, 0.3) is 17.1 Å². The Balaban J connectivity index is 1.41. The van der Waals surface area contributed by atoms with Crippen molar-refractivity contribution in [3.05, 3.63) is 83.3 Å². The van der Waals surface area contributed by atoms with Gasteiger partial charge in [0.05, 0.1) is 41.2 Å². The summed E-state index contributed by atoms with van der Waals surface area (Å²) in [5.74, 6) is 0.456. The number of imidazole rings is 1. The molecule has 1 aliphatic carbocycles. The summed E-state index contributed by atoms with van der Waals surface area (Å²) in [5, 5.41) is 22.1. The zero-order valence-corrected chi connectivity index (χ0v) is 17.9. The lowest BCUT2D eigenvalue weighted by molar-refractivity contribution is 0.276. The molecule has 5 rings (SSSR count). The number of nitrogens with one attached hydrogen (secondary N) is 1. The van der Waals surface area contributed by atoms with Gasteiger partial charge in [0.15, 0.2) is 5.82 Å². The van der Waals surface area contributed by atoms with Gasteiger partial charge in [0.2, 0.25) is 0 Å². The van der Waals surface area contributed by atoms with Crippen molar-refractivity contribution in [3.63, 3.8) is 0 Å². The van der Waals surface area contributed by atoms with Gasteiger partial charge in [-0.05, 0) is 68.1 Å². The van der Waals surface area contributed by atoms with Crippen molar-refractivity contribution >= 4 is 5.82 Å². The number of aromatic nitrogens is 5. The topological polar surface area (TPSA) is 88.8 Å². The zero-order valence-electron chi connectivity index (χ0n) is 17.9. The van der Waals surface area contributed by atoms with Gasteiger partial charge in [-0.15, -0.1) is 10.2 Å². The molecule has 3 aromatic heterocycles. The molecule has 1 aliphatic rings. The average molecular weight is 430 g/mol. The molecular formula is C24H23FN6O. The van der Waals surface area contributed by atoms with Gasteiger partial charge in [-0.1, -0.05) is 12.1 Å². The van der Waals surface area contributed by atoms with Crippen molar-refractivity contribution in [1.82, 2.24) is 24.7 Å². The first-order valence-electron chi connectivity index (χ1n) is 10.5. The highest BCUT2D eigenvalue weighted by Gasteiger charge is 2.45. The molecule has 0 atom stereocenters. The highest BCUT2D eigenvalue weighted by Crippen LogP contribution is 2.48. The lowest BCUT2D eigenvalue weighted by Gasteiger charge is -2.20. The van der Waals surface area contributed by atoms with Crippen LogP contribution in [0.3, 0.4) is 0 Å². The van der Waals surface area contributed by atoms with Crippen LogP contribution in [0.2, 0.25) is 0 Å². The molecule has 0 bridgehead atoms. The highest BCUT2D eigenvalue weighted by atomic mass is 19.1. The standard InChI is InChI=1S/C24H23FN6O/c1-15-11-20(19-7-8-22(21(13-32)27-19)31-12-16(2)26-14-31)29-30-23(15)28-24(9-10-24)17-3-5-18(25)6-4-17/h3-8,11-12,14,32H,9-10,13H2,1-2H3,(H,28,30). The van der Waals surface area contributed by atoms with Crippen molar-refractivity contribution < 1.29 is 9.50 Å². The van der Waals surface area contributed by atoms with Gasteiger partial charge in [-0.2, -0.15) is 0 Å². The van der Waals surface area contributed by atoms with Crippen molar-refractivity contribution in [2.24, 2.45) is 0 Å². The molecule has 8 heteroatoms. The first-order chi connectivity index (χ1) is 15.5. The molecule has 0 spiro atoms. The van der Waals surface area contributed by atoms with Gasteiger partial charge in [-0.3, -0.25) is 0 Å². The van der Waals surface area contributed by atoms with E-state index in [4.69, 9.17) is 0 Å². The number of hydrogen-bond donors (Lipinski definition) is 2. The van der Waals surface area contributed by atoms with E-state index in [1.54, 1.807) is 6.33 Å². The molecule has 0 unspecified atom stereocenters. The van der Waals surface area contributed by atoms with Crippen LogP contribution in [-0.2, 0) is 12.1 Å². The summed E-state index contributed by atoms with van der Waals surface area (Å²) in [6.45, 7) is 3.68. The molecule has 1 aromatic carbocycles. The van der Waals surface area contributed by atoms with Crippen LogP contribution in [0.1, 0.15) is 35.4 Å². The number of nitrogens with zero attached hydrogens (tertiary/aromatic N) is 5. The van der Waals surface area contributed by atoms with Crippen molar-refractivity contribution in [2.75, 3.05) is 5.32 Å². The predicted octanol–water partition coefficient (Wildman–Crippen LogP) is 4.07. The van der Waals surface area contributed by atoms with Crippen LogP contribution in [0.15, 0.2) is 55.0 Å². The van der Waals surface area contributed by atoms with E-state index in [0.29, 0.717) is 22.9 Å². The summed E-state index contributed by atoms with van der Waals surface area (Å²) >= 11 is 0. The molecule has 162 valence electrons. The largest absolute Gasteiger partial charge is 0.390 e. The number of halogens is 1. The van der Waals surface area contributed by atoms with Gasteiger partial charge in [0.25, 0.3) is 0 Å². The molecule has 0 saturated heterocycles. The minimum absolute atomic E-state index is 0.202. The van der Waals surface area contributed by atoms with E-state index in [2.05, 4.69) is 25.5 Å². The quantitative estimate of drug-likeness (QED) is 0.479. The number of aliphatic hydroxyl groups excluding tert-OH is 1. The van der Waals surface area contributed by atoms with Crippen molar-refractivity contribution in [2.45, 2.75) is 38.8 Å². The molecule has 0 radical (unpaired) electrons. The van der Waals surface area contributed by atoms with E-state index in [1.807, 2.05) is 54.9 Å². The van der Waals surface area contributed by atoms with E-state index in [9.17, 15) is 9.50 Å². The van der Waals surface area contributed by atoms with Crippen LogP contribution < -0.4 is 5.32 Å². The molecule has 0 aliphatic heterocycles. The fraction of sp³-hybridized carbons (Fsp3) is 0.250. The third-order valence-electron chi connectivity index (χ3n) is 5.84. The first-order valence-corrected chi connectivity index (χ1v) is 10.5. The van der Waals surface area contributed by atoms with Crippen LogP contribution in [-0.4, -0.2) is 29.8 Å². The molecule has 7 nitrogen and oxygen atoms in total. The number of rotatable bonds is 6. The maximum Gasteiger partial charge on any atom is 0.152 e. The average Bonchev–Trinajstić information content (AvgIpc) is 3.46. The molecule has 3 heterocycles. The third kappa shape index (κ3) is 3.73. The van der Waals surface area contributed by atoms with Crippen LogP contribution in [0, 0.1) is 19.7 Å². The van der Waals surface area contributed by atoms with Crippen molar-refractivity contribution in [1.29, 1.82) is 0 Å². The predicted molar refractivity (Wildman–Crippen MR) is 119 cm³/mol. The number of pyridine rings is 1. The maximum absolute atomic E-state index is 13.3. The third-order valence-corrected chi connectivity index (χ3v) is 5.84. The molecule has 1 fully saturated rings. The smallest absolute Gasteiger partial charge is 0.152 e. The number of anilines is 1. The summed E-state index contributed by atoms with van der Waals surface area (Å²) in [6, 6.07) is 12.3.